The van der Waals surface area contributed by atoms with Gasteiger partial charge < -0.3 is 9.47 Å². The molecule has 0 aromatic heterocycles. The first-order chi connectivity index (χ1) is 10.2. The summed E-state index contributed by atoms with van der Waals surface area (Å²) in [4.78, 5) is 0. The summed E-state index contributed by atoms with van der Waals surface area (Å²) in [6.45, 7) is 7.78. The molecule has 0 spiro atoms. The maximum atomic E-state index is 8.59. The topological polar surface area (TPSA) is 42.2 Å². The van der Waals surface area contributed by atoms with Crippen LogP contribution in [0.2, 0.25) is 0 Å². The minimum absolute atomic E-state index is 0.412. The molecule has 0 heterocycles. The average molecular weight is 307 g/mol. The number of nitriles is 1. The van der Waals surface area contributed by atoms with Gasteiger partial charge in [0.15, 0.2) is 11.5 Å². The number of thioether (sulfide) groups is 1. The first-order valence-electron chi connectivity index (χ1n) is 7.63. The van der Waals surface area contributed by atoms with Crippen LogP contribution in [0.25, 0.3) is 0 Å². The molecule has 3 nitrogen and oxygen atoms in total. The van der Waals surface area contributed by atoms with Crippen molar-refractivity contribution in [1.82, 2.24) is 0 Å². The molecule has 0 N–H and O–H groups in total. The quantitative estimate of drug-likeness (QED) is 0.452. The predicted octanol–water partition coefficient (Wildman–Crippen LogP) is 4.97. The monoisotopic (exact) mass is 307 g/mol. The minimum Gasteiger partial charge on any atom is -0.490 e. The molecule has 1 aromatic carbocycles. The Morgan fingerprint density at radius 3 is 2.43 bits per heavy atom. The Labute approximate surface area is 132 Å². The molecule has 21 heavy (non-hydrogen) atoms. The fraction of sp³-hybridized carbons (Fsp3) is 0.588. The Kier molecular flexibility index (Phi) is 8.77. The van der Waals surface area contributed by atoms with Crippen molar-refractivity contribution in [3.05, 3.63) is 23.8 Å². The van der Waals surface area contributed by atoms with E-state index in [4.69, 9.17) is 14.7 Å². The number of ether oxygens (including phenoxy) is 2. The van der Waals surface area contributed by atoms with Crippen molar-refractivity contribution in [1.29, 1.82) is 5.26 Å². The number of rotatable bonds is 10. The van der Waals surface area contributed by atoms with E-state index in [0.717, 1.165) is 36.5 Å². The van der Waals surface area contributed by atoms with Crippen molar-refractivity contribution in [2.24, 2.45) is 0 Å². The average Bonchev–Trinajstić information content (AvgIpc) is 2.51. The summed E-state index contributed by atoms with van der Waals surface area (Å²) in [5, 5.41) is 10.7. The van der Waals surface area contributed by atoms with Crippen molar-refractivity contribution in [3.63, 3.8) is 0 Å². The van der Waals surface area contributed by atoms with Crippen LogP contribution in [0.3, 0.4) is 0 Å². The van der Waals surface area contributed by atoms with Crippen LogP contribution >= 0.6 is 11.8 Å². The van der Waals surface area contributed by atoms with E-state index in [9.17, 15) is 0 Å². The lowest BCUT2D eigenvalue weighted by Crippen LogP contribution is -2.03. The summed E-state index contributed by atoms with van der Waals surface area (Å²) in [6.07, 6.45) is 2.95. The second-order valence-electron chi connectivity index (χ2n) is 5.03. The Hall–Kier alpha value is -1.34. The zero-order valence-corrected chi connectivity index (χ0v) is 14.0. The molecule has 0 saturated carbocycles. The van der Waals surface area contributed by atoms with Gasteiger partial charge in [-0.05, 0) is 54.6 Å². The van der Waals surface area contributed by atoms with E-state index in [2.05, 4.69) is 38.3 Å². The lowest BCUT2D eigenvalue weighted by atomic mass is 9.98. The number of nitrogens with zero attached hydrogens (tertiary/aromatic N) is 1. The molecule has 0 amide bonds. The van der Waals surface area contributed by atoms with Gasteiger partial charge in [-0.2, -0.15) is 5.26 Å². The van der Waals surface area contributed by atoms with E-state index in [1.807, 2.05) is 6.07 Å². The highest BCUT2D eigenvalue weighted by molar-refractivity contribution is 8.03. The molecular weight excluding hydrogens is 282 g/mol. The van der Waals surface area contributed by atoms with Gasteiger partial charge in [-0.15, -0.1) is 0 Å². The van der Waals surface area contributed by atoms with Crippen molar-refractivity contribution < 1.29 is 9.47 Å². The van der Waals surface area contributed by atoms with E-state index in [1.165, 1.54) is 17.3 Å². The largest absolute Gasteiger partial charge is 0.490 e. The maximum Gasteiger partial charge on any atom is 0.161 e. The zero-order valence-electron chi connectivity index (χ0n) is 13.2. The van der Waals surface area contributed by atoms with Crippen molar-refractivity contribution in [2.75, 3.05) is 19.0 Å². The molecule has 0 aliphatic heterocycles. The lowest BCUT2D eigenvalue weighted by Gasteiger charge is -2.16. The number of benzene rings is 1. The normalized spacial score (nSPS) is 11.7. The van der Waals surface area contributed by atoms with Crippen molar-refractivity contribution >= 4 is 11.8 Å². The first kappa shape index (κ1) is 17.7. The molecule has 1 aromatic rings. The van der Waals surface area contributed by atoms with E-state index in [-0.39, 0.29) is 0 Å². The van der Waals surface area contributed by atoms with Gasteiger partial charge in [-0.25, -0.2) is 0 Å². The lowest BCUT2D eigenvalue weighted by molar-refractivity contribution is 0.268. The van der Waals surface area contributed by atoms with E-state index in [1.54, 1.807) is 0 Å². The van der Waals surface area contributed by atoms with Crippen LogP contribution in [-0.4, -0.2) is 19.0 Å². The molecular formula is C17H25NO2S. The van der Waals surface area contributed by atoms with Crippen LogP contribution in [0.1, 0.15) is 51.5 Å². The summed E-state index contributed by atoms with van der Waals surface area (Å²) in [5.74, 6) is 2.93. The van der Waals surface area contributed by atoms with Gasteiger partial charge in [0.1, 0.15) is 5.40 Å². The van der Waals surface area contributed by atoms with Crippen LogP contribution in [-0.2, 0) is 0 Å². The Bertz CT molecular complexity index is 457. The summed E-state index contributed by atoms with van der Waals surface area (Å²) in [7, 11) is 0. The molecule has 4 heteroatoms. The van der Waals surface area contributed by atoms with E-state index in [0.29, 0.717) is 19.1 Å². The summed E-state index contributed by atoms with van der Waals surface area (Å²) in [6, 6.07) is 6.19. The third kappa shape index (κ3) is 6.31. The summed E-state index contributed by atoms with van der Waals surface area (Å²) >= 11 is 1.31. The van der Waals surface area contributed by atoms with Crippen LogP contribution in [0.5, 0.6) is 11.5 Å². The molecule has 1 atom stereocenters. The standard InChI is InChI=1S/C17H25NO2S/c1-4-9-19-16-7-6-15(12-17(16)20-10-5-2)14(3)8-11-21-13-18/h6-7,12,14H,4-5,8-11H2,1-3H3. The van der Waals surface area contributed by atoms with Gasteiger partial charge in [-0.3, -0.25) is 0 Å². The van der Waals surface area contributed by atoms with E-state index < -0.39 is 0 Å². The highest BCUT2D eigenvalue weighted by Crippen LogP contribution is 2.32. The summed E-state index contributed by atoms with van der Waals surface area (Å²) < 4.78 is 11.6. The third-order valence-corrected chi connectivity index (χ3v) is 3.75. The van der Waals surface area contributed by atoms with Crippen LogP contribution in [0.4, 0.5) is 0 Å². The SMILES string of the molecule is CCCOc1ccc(C(C)CCSC#N)cc1OCCC. The molecule has 1 unspecified atom stereocenters. The highest BCUT2D eigenvalue weighted by atomic mass is 32.2. The van der Waals surface area contributed by atoms with Gasteiger partial charge in [0.2, 0.25) is 0 Å². The summed E-state index contributed by atoms with van der Waals surface area (Å²) in [5.41, 5.74) is 1.24. The van der Waals surface area contributed by atoms with Gasteiger partial charge in [0, 0.05) is 5.75 Å². The van der Waals surface area contributed by atoms with Gasteiger partial charge in [-0.1, -0.05) is 26.8 Å². The Morgan fingerprint density at radius 1 is 1.14 bits per heavy atom. The van der Waals surface area contributed by atoms with Gasteiger partial charge in [0.25, 0.3) is 0 Å². The minimum atomic E-state index is 0.412. The Morgan fingerprint density at radius 2 is 1.81 bits per heavy atom. The van der Waals surface area contributed by atoms with Gasteiger partial charge >= 0.3 is 0 Å². The predicted molar refractivity (Wildman–Crippen MR) is 89.1 cm³/mol. The Balaban J connectivity index is 2.79. The molecule has 0 radical (unpaired) electrons. The second-order valence-corrected chi connectivity index (χ2v) is 5.91. The molecule has 0 saturated heterocycles. The van der Waals surface area contributed by atoms with Crippen LogP contribution < -0.4 is 9.47 Å². The number of hydrogen-bond donors (Lipinski definition) is 0. The smallest absolute Gasteiger partial charge is 0.161 e. The zero-order chi connectivity index (χ0) is 15.5. The van der Waals surface area contributed by atoms with Gasteiger partial charge in [0.05, 0.1) is 13.2 Å². The van der Waals surface area contributed by atoms with Crippen molar-refractivity contribution in [2.45, 2.75) is 46.0 Å². The first-order valence-corrected chi connectivity index (χ1v) is 8.61. The number of thiocyanates is 1. The fourth-order valence-corrected chi connectivity index (χ4v) is 2.50. The van der Waals surface area contributed by atoms with Crippen LogP contribution in [0, 0.1) is 10.7 Å². The molecule has 0 bridgehead atoms. The number of hydrogen-bond acceptors (Lipinski definition) is 4. The molecule has 1 rings (SSSR count). The molecule has 116 valence electrons. The molecule has 0 aliphatic rings. The second kappa shape index (κ2) is 10.4. The fourth-order valence-electron chi connectivity index (χ4n) is 1.94. The third-order valence-electron chi connectivity index (χ3n) is 3.18. The van der Waals surface area contributed by atoms with Crippen molar-refractivity contribution in [3.8, 4) is 16.9 Å². The maximum absolute atomic E-state index is 8.59. The van der Waals surface area contributed by atoms with E-state index >= 15 is 0 Å². The van der Waals surface area contributed by atoms with Crippen LogP contribution in [0.15, 0.2) is 18.2 Å². The molecule has 0 aliphatic carbocycles. The molecule has 0 fully saturated rings. The highest BCUT2D eigenvalue weighted by Gasteiger charge is 2.11.